The Morgan fingerprint density at radius 2 is 2.04 bits per heavy atom. The highest BCUT2D eigenvalue weighted by atomic mass is 16.5. The molecular formula is C17H16N2O4. The first-order valence-corrected chi connectivity index (χ1v) is 7.10. The Kier molecular flexibility index (Phi) is 3.89. The number of carbonyl (C=O) groups excluding carboxylic acids is 1. The number of fused-ring (bicyclic) bond motifs is 1. The van der Waals surface area contributed by atoms with Crippen molar-refractivity contribution >= 4 is 17.0 Å². The van der Waals surface area contributed by atoms with E-state index in [1.165, 1.54) is 4.57 Å². The summed E-state index contributed by atoms with van der Waals surface area (Å²) in [6.07, 6.45) is 0. The van der Waals surface area contributed by atoms with E-state index in [9.17, 15) is 9.59 Å². The standard InChI is InChI=1S/C17H16N2O4/c1-19-13-8-7-11(9-15(13)23-17(19)21)16(20)18-10-12-5-3-4-6-14(12)22-2/h3-9H,10H2,1-2H3,(H,18,20). The number of benzene rings is 2. The highest BCUT2D eigenvalue weighted by Crippen LogP contribution is 2.18. The van der Waals surface area contributed by atoms with Crippen molar-refractivity contribution in [1.29, 1.82) is 0 Å². The molecule has 1 heterocycles. The van der Waals surface area contributed by atoms with E-state index < -0.39 is 5.76 Å². The van der Waals surface area contributed by atoms with Gasteiger partial charge in [0.1, 0.15) is 5.75 Å². The number of methoxy groups -OCH3 is 1. The molecule has 2 aromatic carbocycles. The van der Waals surface area contributed by atoms with Crippen molar-refractivity contribution in [1.82, 2.24) is 9.88 Å². The second kappa shape index (κ2) is 6.00. The van der Waals surface area contributed by atoms with Gasteiger partial charge in [0.25, 0.3) is 5.91 Å². The van der Waals surface area contributed by atoms with E-state index in [1.54, 1.807) is 32.4 Å². The molecule has 1 amide bonds. The second-order valence-electron chi connectivity index (χ2n) is 5.10. The zero-order valence-electron chi connectivity index (χ0n) is 12.8. The van der Waals surface area contributed by atoms with E-state index in [-0.39, 0.29) is 5.91 Å². The summed E-state index contributed by atoms with van der Waals surface area (Å²) in [6, 6.07) is 12.4. The molecule has 0 atom stereocenters. The number of hydrogen-bond donors (Lipinski definition) is 1. The van der Waals surface area contributed by atoms with E-state index in [0.717, 1.165) is 11.3 Å². The summed E-state index contributed by atoms with van der Waals surface area (Å²) in [7, 11) is 3.21. The molecule has 0 aliphatic carbocycles. The van der Waals surface area contributed by atoms with Crippen molar-refractivity contribution < 1.29 is 13.9 Å². The van der Waals surface area contributed by atoms with Crippen molar-refractivity contribution in [3.8, 4) is 5.75 Å². The maximum Gasteiger partial charge on any atom is 0.419 e. The zero-order chi connectivity index (χ0) is 16.4. The Balaban J connectivity index is 1.79. The van der Waals surface area contributed by atoms with Crippen LogP contribution >= 0.6 is 0 Å². The number of carbonyl (C=O) groups is 1. The van der Waals surface area contributed by atoms with Crippen molar-refractivity contribution in [2.45, 2.75) is 6.54 Å². The molecule has 3 rings (SSSR count). The molecule has 0 spiro atoms. The summed E-state index contributed by atoms with van der Waals surface area (Å²) in [5.41, 5.74) is 2.36. The monoisotopic (exact) mass is 312 g/mol. The van der Waals surface area contributed by atoms with Crippen LogP contribution in [0.3, 0.4) is 0 Å². The van der Waals surface area contributed by atoms with Crippen LogP contribution < -0.4 is 15.8 Å². The number of para-hydroxylation sites is 1. The van der Waals surface area contributed by atoms with E-state index in [4.69, 9.17) is 9.15 Å². The number of rotatable bonds is 4. The van der Waals surface area contributed by atoms with Crippen LogP contribution in [0.1, 0.15) is 15.9 Å². The lowest BCUT2D eigenvalue weighted by molar-refractivity contribution is 0.0950. The number of ether oxygens (including phenoxy) is 1. The molecule has 6 nitrogen and oxygen atoms in total. The summed E-state index contributed by atoms with van der Waals surface area (Å²) >= 11 is 0. The number of nitrogens with zero attached hydrogens (tertiary/aromatic N) is 1. The fourth-order valence-electron chi connectivity index (χ4n) is 2.40. The Morgan fingerprint density at radius 1 is 1.26 bits per heavy atom. The Hall–Kier alpha value is -3.02. The van der Waals surface area contributed by atoms with Gasteiger partial charge < -0.3 is 14.5 Å². The minimum Gasteiger partial charge on any atom is -0.496 e. The molecule has 0 aliphatic heterocycles. The third kappa shape index (κ3) is 2.83. The van der Waals surface area contributed by atoms with Gasteiger partial charge in [-0.3, -0.25) is 9.36 Å². The Labute approximate surface area is 132 Å². The van der Waals surface area contributed by atoms with Gasteiger partial charge in [0.15, 0.2) is 5.58 Å². The largest absolute Gasteiger partial charge is 0.496 e. The zero-order valence-corrected chi connectivity index (χ0v) is 12.8. The first-order valence-electron chi connectivity index (χ1n) is 7.10. The molecule has 0 radical (unpaired) electrons. The molecule has 0 saturated heterocycles. The smallest absolute Gasteiger partial charge is 0.419 e. The molecule has 23 heavy (non-hydrogen) atoms. The molecule has 0 fully saturated rings. The average molecular weight is 312 g/mol. The molecule has 6 heteroatoms. The van der Waals surface area contributed by atoms with Gasteiger partial charge in [0.05, 0.1) is 12.6 Å². The molecule has 0 bridgehead atoms. The fraction of sp³-hybridized carbons (Fsp3) is 0.176. The second-order valence-corrected chi connectivity index (χ2v) is 5.10. The van der Waals surface area contributed by atoms with Crippen LogP contribution in [0.15, 0.2) is 51.7 Å². The van der Waals surface area contributed by atoms with E-state index in [1.807, 2.05) is 24.3 Å². The predicted molar refractivity (Wildman–Crippen MR) is 85.6 cm³/mol. The van der Waals surface area contributed by atoms with Crippen molar-refractivity contribution in [2.24, 2.45) is 7.05 Å². The van der Waals surface area contributed by atoms with Crippen LogP contribution in [-0.4, -0.2) is 17.6 Å². The van der Waals surface area contributed by atoms with Gasteiger partial charge in [0.2, 0.25) is 0 Å². The normalized spacial score (nSPS) is 10.7. The minimum atomic E-state index is -0.452. The quantitative estimate of drug-likeness (QED) is 0.800. The molecule has 3 aromatic rings. The molecule has 1 aromatic heterocycles. The van der Waals surface area contributed by atoms with Gasteiger partial charge in [-0.15, -0.1) is 0 Å². The van der Waals surface area contributed by atoms with E-state index >= 15 is 0 Å². The van der Waals surface area contributed by atoms with Gasteiger partial charge in [0, 0.05) is 24.7 Å². The van der Waals surface area contributed by atoms with Crippen LogP contribution in [0, 0.1) is 0 Å². The van der Waals surface area contributed by atoms with Crippen LogP contribution in [0.4, 0.5) is 0 Å². The van der Waals surface area contributed by atoms with Gasteiger partial charge >= 0.3 is 5.76 Å². The topological polar surface area (TPSA) is 73.5 Å². The number of aromatic nitrogens is 1. The number of aryl methyl sites for hydroxylation is 1. The lowest BCUT2D eigenvalue weighted by Gasteiger charge is -2.09. The van der Waals surface area contributed by atoms with Crippen LogP contribution in [0.25, 0.3) is 11.1 Å². The molecular weight excluding hydrogens is 296 g/mol. The number of nitrogens with one attached hydrogen (secondary N) is 1. The van der Waals surface area contributed by atoms with Crippen LogP contribution in [-0.2, 0) is 13.6 Å². The Morgan fingerprint density at radius 3 is 2.83 bits per heavy atom. The molecule has 1 N–H and O–H groups in total. The average Bonchev–Trinajstić information content (AvgIpc) is 2.86. The van der Waals surface area contributed by atoms with E-state index in [0.29, 0.717) is 23.2 Å². The lowest BCUT2D eigenvalue weighted by atomic mass is 10.1. The predicted octanol–water partition coefficient (Wildman–Crippen LogP) is 2.07. The first kappa shape index (κ1) is 14.9. The minimum absolute atomic E-state index is 0.246. The molecule has 0 aliphatic rings. The highest BCUT2D eigenvalue weighted by Gasteiger charge is 2.11. The third-order valence-corrected chi connectivity index (χ3v) is 3.69. The van der Waals surface area contributed by atoms with Crippen molar-refractivity contribution in [3.63, 3.8) is 0 Å². The summed E-state index contributed by atoms with van der Waals surface area (Å²) in [5.74, 6) is 0.0215. The number of hydrogen-bond acceptors (Lipinski definition) is 4. The summed E-state index contributed by atoms with van der Waals surface area (Å²) in [4.78, 5) is 23.8. The molecule has 0 unspecified atom stereocenters. The summed E-state index contributed by atoms with van der Waals surface area (Å²) in [5, 5.41) is 2.83. The lowest BCUT2D eigenvalue weighted by Crippen LogP contribution is -2.23. The maximum atomic E-state index is 12.3. The maximum absolute atomic E-state index is 12.3. The SMILES string of the molecule is COc1ccccc1CNC(=O)c1ccc2c(c1)oc(=O)n2C. The van der Waals surface area contributed by atoms with Crippen molar-refractivity contribution in [2.75, 3.05) is 7.11 Å². The summed E-state index contributed by atoms with van der Waals surface area (Å²) in [6.45, 7) is 0.347. The highest BCUT2D eigenvalue weighted by molar-refractivity contribution is 5.97. The van der Waals surface area contributed by atoms with Gasteiger partial charge in [-0.05, 0) is 24.3 Å². The van der Waals surface area contributed by atoms with E-state index in [2.05, 4.69) is 5.32 Å². The third-order valence-electron chi connectivity index (χ3n) is 3.69. The molecule has 118 valence electrons. The number of amides is 1. The van der Waals surface area contributed by atoms with Gasteiger partial charge in [-0.1, -0.05) is 18.2 Å². The van der Waals surface area contributed by atoms with Crippen LogP contribution in [0.5, 0.6) is 5.75 Å². The fourth-order valence-corrected chi connectivity index (χ4v) is 2.40. The van der Waals surface area contributed by atoms with Gasteiger partial charge in [-0.2, -0.15) is 0 Å². The first-order chi connectivity index (χ1) is 11.1. The Bertz CT molecular complexity index is 924. The van der Waals surface area contributed by atoms with Gasteiger partial charge in [-0.25, -0.2) is 4.79 Å². The molecule has 0 saturated carbocycles. The number of oxazole rings is 1. The van der Waals surface area contributed by atoms with Crippen LogP contribution in [0.2, 0.25) is 0 Å². The summed E-state index contributed by atoms with van der Waals surface area (Å²) < 4.78 is 11.7. The van der Waals surface area contributed by atoms with Crippen molar-refractivity contribution in [3.05, 3.63) is 64.1 Å².